The molecular formula is C15H18O2. The summed E-state index contributed by atoms with van der Waals surface area (Å²) in [7, 11) is 0. The molecule has 0 saturated heterocycles. The van der Waals surface area contributed by atoms with E-state index in [1.165, 1.54) is 0 Å². The summed E-state index contributed by atoms with van der Waals surface area (Å²) in [6.07, 6.45) is 12.0. The third-order valence-electron chi connectivity index (χ3n) is 3.40. The van der Waals surface area contributed by atoms with Crippen LogP contribution in [-0.4, -0.2) is 11.6 Å². The van der Waals surface area contributed by atoms with Crippen LogP contribution in [0.1, 0.15) is 39.0 Å². The maximum atomic E-state index is 12.0. The lowest BCUT2D eigenvalue weighted by atomic mass is 9.86. The van der Waals surface area contributed by atoms with E-state index in [9.17, 15) is 9.59 Å². The van der Waals surface area contributed by atoms with Gasteiger partial charge in [-0.1, -0.05) is 25.5 Å². The van der Waals surface area contributed by atoms with Gasteiger partial charge in [-0.25, -0.2) is 0 Å². The van der Waals surface area contributed by atoms with Crippen molar-refractivity contribution in [2.75, 3.05) is 0 Å². The van der Waals surface area contributed by atoms with Crippen molar-refractivity contribution in [3.8, 4) is 0 Å². The van der Waals surface area contributed by atoms with Gasteiger partial charge in [0.2, 0.25) is 0 Å². The topological polar surface area (TPSA) is 34.1 Å². The Hall–Kier alpha value is -1.44. The molecule has 2 heteroatoms. The molecule has 2 aliphatic rings. The standard InChI is InChI=1S/C15H18O2/c1-2-3-6-12-9-15(17)13(10-14(12)16)11-7-4-5-8-11/h4,7,9-11H,2-3,5-6,8H2,1H3. The summed E-state index contributed by atoms with van der Waals surface area (Å²) in [6.45, 7) is 2.08. The van der Waals surface area contributed by atoms with Crippen LogP contribution in [0.5, 0.6) is 0 Å². The van der Waals surface area contributed by atoms with Gasteiger partial charge in [-0.3, -0.25) is 9.59 Å². The molecule has 90 valence electrons. The van der Waals surface area contributed by atoms with Crippen LogP contribution in [0.25, 0.3) is 0 Å². The molecule has 0 saturated carbocycles. The fraction of sp³-hybridized carbons (Fsp3) is 0.467. The number of hydrogen-bond donors (Lipinski definition) is 0. The first-order valence-electron chi connectivity index (χ1n) is 6.40. The maximum absolute atomic E-state index is 12.0. The van der Waals surface area contributed by atoms with Crippen molar-refractivity contribution in [2.24, 2.45) is 5.92 Å². The predicted molar refractivity (Wildman–Crippen MR) is 67.6 cm³/mol. The second-order valence-corrected chi connectivity index (χ2v) is 4.71. The summed E-state index contributed by atoms with van der Waals surface area (Å²) in [5.41, 5.74) is 1.37. The van der Waals surface area contributed by atoms with Crippen LogP contribution < -0.4 is 0 Å². The third kappa shape index (κ3) is 2.63. The number of carbonyl (C=O) groups is 2. The van der Waals surface area contributed by atoms with E-state index in [1.807, 2.05) is 6.08 Å². The van der Waals surface area contributed by atoms with Crippen molar-refractivity contribution >= 4 is 11.6 Å². The van der Waals surface area contributed by atoms with Gasteiger partial charge >= 0.3 is 0 Å². The Bertz CT molecular complexity index is 424. The molecule has 0 aliphatic heterocycles. The van der Waals surface area contributed by atoms with Crippen LogP contribution in [0, 0.1) is 5.92 Å². The highest BCUT2D eigenvalue weighted by molar-refractivity contribution is 6.20. The summed E-state index contributed by atoms with van der Waals surface area (Å²) < 4.78 is 0. The summed E-state index contributed by atoms with van der Waals surface area (Å²) >= 11 is 0. The minimum Gasteiger partial charge on any atom is -0.290 e. The second kappa shape index (κ2) is 5.26. The fourth-order valence-electron chi connectivity index (χ4n) is 2.36. The van der Waals surface area contributed by atoms with Gasteiger partial charge < -0.3 is 0 Å². The molecule has 0 spiro atoms. The van der Waals surface area contributed by atoms with Crippen LogP contribution in [-0.2, 0) is 9.59 Å². The largest absolute Gasteiger partial charge is 0.290 e. The fourth-order valence-corrected chi connectivity index (χ4v) is 2.36. The monoisotopic (exact) mass is 230 g/mol. The summed E-state index contributed by atoms with van der Waals surface area (Å²) in [5, 5.41) is 0. The molecule has 17 heavy (non-hydrogen) atoms. The molecule has 0 fully saturated rings. The Morgan fingerprint density at radius 3 is 2.71 bits per heavy atom. The van der Waals surface area contributed by atoms with E-state index in [1.54, 1.807) is 12.2 Å². The van der Waals surface area contributed by atoms with Gasteiger partial charge in [-0.15, -0.1) is 0 Å². The van der Waals surface area contributed by atoms with Gasteiger partial charge in [0.25, 0.3) is 0 Å². The van der Waals surface area contributed by atoms with Crippen molar-refractivity contribution in [3.05, 3.63) is 35.5 Å². The number of carbonyl (C=O) groups excluding carboxylic acids is 2. The number of hydrogen-bond acceptors (Lipinski definition) is 2. The highest BCUT2D eigenvalue weighted by Crippen LogP contribution is 2.29. The molecule has 1 atom stereocenters. The highest BCUT2D eigenvalue weighted by atomic mass is 16.1. The molecule has 0 heterocycles. The number of unbranched alkanes of at least 4 members (excludes halogenated alkanes) is 1. The van der Waals surface area contributed by atoms with E-state index >= 15 is 0 Å². The second-order valence-electron chi connectivity index (χ2n) is 4.71. The smallest absolute Gasteiger partial charge is 0.182 e. The van der Waals surface area contributed by atoms with E-state index in [-0.39, 0.29) is 17.5 Å². The van der Waals surface area contributed by atoms with Crippen LogP contribution >= 0.6 is 0 Å². The Morgan fingerprint density at radius 1 is 1.24 bits per heavy atom. The molecule has 0 aromatic carbocycles. The zero-order valence-electron chi connectivity index (χ0n) is 10.2. The SMILES string of the molecule is CCCCC1=CC(=O)C(C2C=CCC2)=CC1=O. The van der Waals surface area contributed by atoms with Crippen LogP contribution in [0.3, 0.4) is 0 Å². The molecule has 0 N–H and O–H groups in total. The van der Waals surface area contributed by atoms with Gasteiger partial charge in [-0.2, -0.15) is 0 Å². The van der Waals surface area contributed by atoms with E-state index in [0.717, 1.165) is 32.1 Å². The van der Waals surface area contributed by atoms with Crippen molar-refractivity contribution in [2.45, 2.75) is 39.0 Å². The van der Waals surface area contributed by atoms with Crippen molar-refractivity contribution in [3.63, 3.8) is 0 Å². The van der Waals surface area contributed by atoms with Crippen LogP contribution in [0.2, 0.25) is 0 Å². The first-order valence-corrected chi connectivity index (χ1v) is 6.40. The van der Waals surface area contributed by atoms with Gasteiger partial charge in [0.1, 0.15) is 0 Å². The first-order chi connectivity index (χ1) is 8.22. The van der Waals surface area contributed by atoms with E-state index in [2.05, 4.69) is 13.0 Å². The van der Waals surface area contributed by atoms with E-state index in [4.69, 9.17) is 0 Å². The van der Waals surface area contributed by atoms with Crippen molar-refractivity contribution < 1.29 is 9.59 Å². The normalized spacial score (nSPS) is 23.9. The Labute approximate surface area is 102 Å². The third-order valence-corrected chi connectivity index (χ3v) is 3.40. The number of allylic oxidation sites excluding steroid dienone is 6. The van der Waals surface area contributed by atoms with E-state index in [0.29, 0.717) is 11.1 Å². The minimum atomic E-state index is 0.0345. The highest BCUT2D eigenvalue weighted by Gasteiger charge is 2.25. The molecule has 2 rings (SSSR count). The molecule has 0 amide bonds. The van der Waals surface area contributed by atoms with Crippen molar-refractivity contribution in [1.82, 2.24) is 0 Å². The lowest BCUT2D eigenvalue weighted by Crippen LogP contribution is -2.17. The Kier molecular flexibility index (Phi) is 3.72. The van der Waals surface area contributed by atoms with Crippen LogP contribution in [0.15, 0.2) is 35.5 Å². The summed E-state index contributed by atoms with van der Waals surface area (Å²) in [4.78, 5) is 23.9. The van der Waals surface area contributed by atoms with Gasteiger partial charge in [-0.05, 0) is 37.8 Å². The maximum Gasteiger partial charge on any atom is 0.182 e. The average Bonchev–Trinajstić information content (AvgIpc) is 2.83. The molecular weight excluding hydrogens is 212 g/mol. The molecule has 0 bridgehead atoms. The lowest BCUT2D eigenvalue weighted by Gasteiger charge is -2.15. The quantitative estimate of drug-likeness (QED) is 0.549. The molecule has 0 aromatic heterocycles. The molecule has 2 nitrogen and oxygen atoms in total. The zero-order valence-corrected chi connectivity index (χ0v) is 10.2. The van der Waals surface area contributed by atoms with Crippen LogP contribution in [0.4, 0.5) is 0 Å². The Balaban J connectivity index is 2.11. The molecule has 1 unspecified atom stereocenters. The van der Waals surface area contributed by atoms with Crippen molar-refractivity contribution in [1.29, 1.82) is 0 Å². The predicted octanol–water partition coefficient (Wildman–Crippen LogP) is 3.15. The number of rotatable bonds is 4. The minimum absolute atomic E-state index is 0.0345. The lowest BCUT2D eigenvalue weighted by molar-refractivity contribution is -0.115. The Morgan fingerprint density at radius 2 is 2.06 bits per heavy atom. The van der Waals surface area contributed by atoms with Gasteiger partial charge in [0, 0.05) is 17.1 Å². The number of ketones is 2. The average molecular weight is 230 g/mol. The van der Waals surface area contributed by atoms with E-state index < -0.39 is 0 Å². The van der Waals surface area contributed by atoms with Gasteiger partial charge in [0.15, 0.2) is 11.6 Å². The molecule has 2 aliphatic carbocycles. The summed E-state index contributed by atoms with van der Waals surface area (Å²) in [5.74, 6) is 0.232. The first kappa shape index (κ1) is 12.0. The van der Waals surface area contributed by atoms with Gasteiger partial charge in [0.05, 0.1) is 0 Å². The summed E-state index contributed by atoms with van der Waals surface area (Å²) in [6, 6.07) is 0. The zero-order chi connectivity index (χ0) is 12.3. The molecule has 0 aromatic rings. The molecule has 0 radical (unpaired) electrons.